The molecular formula is C17H22ClN5. The topological polar surface area (TPSA) is 67.1 Å². The third kappa shape index (κ3) is 3.50. The average Bonchev–Trinajstić information content (AvgIpc) is 2.54. The van der Waals surface area contributed by atoms with Gasteiger partial charge in [0.15, 0.2) is 11.6 Å². The summed E-state index contributed by atoms with van der Waals surface area (Å²) in [6.07, 6.45) is 3.89. The molecule has 23 heavy (non-hydrogen) atoms. The molecule has 0 atom stereocenters. The van der Waals surface area contributed by atoms with E-state index in [1.807, 2.05) is 25.1 Å². The number of nitrogens with one attached hydrogen (secondary N) is 1. The van der Waals surface area contributed by atoms with Gasteiger partial charge in [-0.3, -0.25) is 0 Å². The number of piperidine rings is 1. The molecule has 122 valence electrons. The second-order valence-corrected chi connectivity index (χ2v) is 6.63. The van der Waals surface area contributed by atoms with Crippen molar-refractivity contribution in [1.29, 1.82) is 0 Å². The van der Waals surface area contributed by atoms with Crippen LogP contribution in [0.5, 0.6) is 0 Å². The first-order valence-corrected chi connectivity index (χ1v) is 8.31. The predicted molar refractivity (Wildman–Crippen MR) is 96.5 cm³/mol. The van der Waals surface area contributed by atoms with E-state index in [0.717, 1.165) is 36.1 Å². The maximum absolute atomic E-state index is 6.30. The van der Waals surface area contributed by atoms with Crippen LogP contribution in [0.1, 0.15) is 25.3 Å². The lowest BCUT2D eigenvalue weighted by Crippen LogP contribution is -2.34. The van der Waals surface area contributed by atoms with Gasteiger partial charge in [0.25, 0.3) is 0 Å². The molecule has 0 unspecified atom stereocenters. The quantitative estimate of drug-likeness (QED) is 0.889. The second-order valence-electron chi connectivity index (χ2n) is 6.22. The molecule has 0 spiro atoms. The lowest BCUT2D eigenvalue weighted by Gasteiger charge is -2.32. The van der Waals surface area contributed by atoms with E-state index in [2.05, 4.69) is 27.1 Å². The maximum Gasteiger partial charge on any atom is 0.159 e. The number of hydrogen-bond donors (Lipinski definition) is 2. The summed E-state index contributed by atoms with van der Waals surface area (Å²) in [5.41, 5.74) is 8.79. The van der Waals surface area contributed by atoms with Gasteiger partial charge < -0.3 is 16.0 Å². The number of halogens is 1. The van der Waals surface area contributed by atoms with Crippen molar-refractivity contribution in [3.05, 3.63) is 35.1 Å². The van der Waals surface area contributed by atoms with Crippen LogP contribution in [-0.2, 0) is 0 Å². The molecule has 0 radical (unpaired) electrons. The van der Waals surface area contributed by atoms with Gasteiger partial charge in [-0.05, 0) is 43.4 Å². The van der Waals surface area contributed by atoms with Crippen molar-refractivity contribution in [2.75, 3.05) is 29.0 Å². The zero-order valence-corrected chi connectivity index (χ0v) is 14.3. The third-order valence-electron chi connectivity index (χ3n) is 4.38. The highest BCUT2D eigenvalue weighted by Gasteiger charge is 2.20. The first-order chi connectivity index (χ1) is 11.0. The highest BCUT2D eigenvalue weighted by atomic mass is 35.5. The largest absolute Gasteiger partial charge is 0.393 e. The van der Waals surface area contributed by atoms with Crippen molar-refractivity contribution in [2.45, 2.75) is 26.7 Å². The highest BCUT2D eigenvalue weighted by molar-refractivity contribution is 6.31. The number of anilines is 4. The van der Waals surface area contributed by atoms with E-state index in [1.54, 1.807) is 6.33 Å². The minimum atomic E-state index is 0.582. The molecular weight excluding hydrogens is 310 g/mol. The summed E-state index contributed by atoms with van der Waals surface area (Å²) in [4.78, 5) is 10.9. The SMILES string of the molecule is Cc1ccc(Nc2ncnc(N3CCC(C)CC3)c2N)cc1Cl. The number of aromatic nitrogens is 2. The van der Waals surface area contributed by atoms with Crippen LogP contribution in [0.15, 0.2) is 24.5 Å². The van der Waals surface area contributed by atoms with Crippen LogP contribution in [0.3, 0.4) is 0 Å². The Morgan fingerprint density at radius 1 is 1.26 bits per heavy atom. The Bertz CT molecular complexity index is 695. The van der Waals surface area contributed by atoms with Gasteiger partial charge in [-0.25, -0.2) is 9.97 Å². The molecule has 0 bridgehead atoms. The maximum atomic E-state index is 6.30. The Hall–Kier alpha value is -2.01. The monoisotopic (exact) mass is 331 g/mol. The average molecular weight is 332 g/mol. The zero-order valence-electron chi connectivity index (χ0n) is 13.5. The van der Waals surface area contributed by atoms with E-state index in [4.69, 9.17) is 17.3 Å². The van der Waals surface area contributed by atoms with E-state index in [-0.39, 0.29) is 0 Å². The van der Waals surface area contributed by atoms with Gasteiger partial charge in [-0.2, -0.15) is 0 Å². The Morgan fingerprint density at radius 3 is 2.70 bits per heavy atom. The summed E-state index contributed by atoms with van der Waals surface area (Å²) in [5, 5.41) is 3.96. The van der Waals surface area contributed by atoms with Gasteiger partial charge in [0, 0.05) is 23.8 Å². The fourth-order valence-electron chi connectivity index (χ4n) is 2.77. The summed E-state index contributed by atoms with van der Waals surface area (Å²) in [7, 11) is 0. The van der Waals surface area contributed by atoms with E-state index < -0.39 is 0 Å². The van der Waals surface area contributed by atoms with Crippen LogP contribution in [-0.4, -0.2) is 23.1 Å². The van der Waals surface area contributed by atoms with Gasteiger partial charge in [-0.15, -0.1) is 0 Å². The van der Waals surface area contributed by atoms with Crippen LogP contribution in [0.4, 0.5) is 23.0 Å². The molecule has 1 aromatic heterocycles. The van der Waals surface area contributed by atoms with Crippen LogP contribution in [0.25, 0.3) is 0 Å². The molecule has 2 aromatic rings. The number of nitrogens with two attached hydrogens (primary N) is 1. The lowest BCUT2D eigenvalue weighted by atomic mass is 9.99. The number of nitrogens with zero attached hydrogens (tertiary/aromatic N) is 3. The smallest absolute Gasteiger partial charge is 0.159 e. The van der Waals surface area contributed by atoms with Crippen LogP contribution >= 0.6 is 11.6 Å². The van der Waals surface area contributed by atoms with Gasteiger partial charge in [0.2, 0.25) is 0 Å². The van der Waals surface area contributed by atoms with Gasteiger partial charge in [-0.1, -0.05) is 24.6 Å². The number of benzene rings is 1. The molecule has 1 aliphatic rings. The van der Waals surface area contributed by atoms with Gasteiger partial charge in [0.1, 0.15) is 12.0 Å². The molecule has 3 N–H and O–H groups in total. The van der Waals surface area contributed by atoms with Gasteiger partial charge in [0.05, 0.1) is 0 Å². The molecule has 1 aliphatic heterocycles. The molecule has 0 amide bonds. The van der Waals surface area contributed by atoms with E-state index in [1.165, 1.54) is 12.8 Å². The Morgan fingerprint density at radius 2 is 2.00 bits per heavy atom. The molecule has 0 aliphatic carbocycles. The van der Waals surface area contributed by atoms with Crippen LogP contribution in [0, 0.1) is 12.8 Å². The van der Waals surface area contributed by atoms with Crippen LogP contribution < -0.4 is 16.0 Å². The van der Waals surface area contributed by atoms with Crippen molar-refractivity contribution in [3.8, 4) is 0 Å². The second kappa shape index (κ2) is 6.62. The van der Waals surface area contributed by atoms with E-state index in [0.29, 0.717) is 16.5 Å². The van der Waals surface area contributed by atoms with E-state index >= 15 is 0 Å². The normalized spacial score (nSPS) is 15.7. The minimum absolute atomic E-state index is 0.582. The Kier molecular flexibility index (Phi) is 4.57. The minimum Gasteiger partial charge on any atom is -0.393 e. The standard InChI is InChI=1S/C17H22ClN5/c1-11-5-7-23(8-6-11)17-15(19)16(20-10-21-17)22-13-4-3-12(2)14(18)9-13/h3-4,9-11H,5-8,19H2,1-2H3,(H,20,21,22). The number of nitrogen functional groups attached to an aromatic ring is 1. The first-order valence-electron chi connectivity index (χ1n) is 7.93. The first kappa shape index (κ1) is 15.9. The van der Waals surface area contributed by atoms with Crippen molar-refractivity contribution in [2.24, 2.45) is 5.92 Å². The van der Waals surface area contributed by atoms with Crippen molar-refractivity contribution in [3.63, 3.8) is 0 Å². The molecule has 2 heterocycles. The molecule has 1 fully saturated rings. The summed E-state index contributed by atoms with van der Waals surface area (Å²) < 4.78 is 0. The number of rotatable bonds is 3. The van der Waals surface area contributed by atoms with Crippen molar-refractivity contribution >= 4 is 34.6 Å². The molecule has 5 nitrogen and oxygen atoms in total. The molecule has 6 heteroatoms. The Balaban J connectivity index is 1.83. The molecule has 1 aromatic carbocycles. The lowest BCUT2D eigenvalue weighted by molar-refractivity contribution is 0.437. The van der Waals surface area contributed by atoms with Crippen LogP contribution in [0.2, 0.25) is 5.02 Å². The summed E-state index contributed by atoms with van der Waals surface area (Å²) >= 11 is 6.17. The third-order valence-corrected chi connectivity index (χ3v) is 4.79. The summed E-state index contributed by atoms with van der Waals surface area (Å²) in [5.74, 6) is 2.20. The fourth-order valence-corrected chi connectivity index (χ4v) is 2.95. The highest BCUT2D eigenvalue weighted by Crippen LogP contribution is 2.31. The molecule has 0 saturated carbocycles. The van der Waals surface area contributed by atoms with E-state index in [9.17, 15) is 0 Å². The summed E-state index contributed by atoms with van der Waals surface area (Å²) in [6, 6.07) is 5.81. The van der Waals surface area contributed by atoms with Gasteiger partial charge >= 0.3 is 0 Å². The zero-order chi connectivity index (χ0) is 16.4. The number of hydrogen-bond acceptors (Lipinski definition) is 5. The number of aryl methyl sites for hydroxylation is 1. The van der Waals surface area contributed by atoms with Crippen molar-refractivity contribution in [1.82, 2.24) is 9.97 Å². The fraction of sp³-hybridized carbons (Fsp3) is 0.412. The molecule has 3 rings (SSSR count). The van der Waals surface area contributed by atoms with Crippen molar-refractivity contribution < 1.29 is 0 Å². The predicted octanol–water partition coefficient (Wildman–Crippen LogP) is 4.00. The Labute approximate surface area is 141 Å². The summed E-state index contributed by atoms with van der Waals surface area (Å²) in [6.45, 7) is 6.23. The molecule has 1 saturated heterocycles.